The molecule has 3 aromatic rings. The third kappa shape index (κ3) is 4.28. The molecule has 1 aliphatic heterocycles. The van der Waals surface area contributed by atoms with Gasteiger partial charge in [-0.15, -0.1) is 0 Å². The fraction of sp³-hybridized carbons (Fsp3) is 0.0952. The summed E-state index contributed by atoms with van der Waals surface area (Å²) in [5, 5.41) is 8.44. The molecule has 1 aliphatic rings. The lowest BCUT2D eigenvalue weighted by Crippen LogP contribution is -2.21. The zero-order chi connectivity index (χ0) is 24.7. The molecular formula is C21H11F6N5O2. The maximum Gasteiger partial charge on any atom is 0.434 e. The molecule has 174 valence electrons. The third-order valence-electron chi connectivity index (χ3n) is 4.70. The van der Waals surface area contributed by atoms with Crippen molar-refractivity contribution >= 4 is 29.3 Å². The van der Waals surface area contributed by atoms with E-state index in [9.17, 15) is 35.9 Å². The predicted molar refractivity (Wildman–Crippen MR) is 108 cm³/mol. The van der Waals surface area contributed by atoms with Gasteiger partial charge in [-0.05, 0) is 36.4 Å². The number of benzene rings is 1. The molecule has 34 heavy (non-hydrogen) atoms. The van der Waals surface area contributed by atoms with E-state index in [1.54, 1.807) is 5.94 Å². The number of hydrogen-bond acceptors (Lipinski definition) is 5. The SMILES string of the molecule is O=C=C1C=Cc2c(cccc2-n2ncc(C(=O)Nc3ccnc(C(F)(F)F)c3)c2C(F)(F)F)N1. The molecular weight excluding hydrogens is 468 g/mol. The van der Waals surface area contributed by atoms with E-state index < -0.39 is 40.9 Å². The van der Waals surface area contributed by atoms with Gasteiger partial charge in [0.05, 0.1) is 17.4 Å². The van der Waals surface area contributed by atoms with E-state index >= 15 is 0 Å². The van der Waals surface area contributed by atoms with Gasteiger partial charge in [0.25, 0.3) is 5.91 Å². The van der Waals surface area contributed by atoms with Gasteiger partial charge in [-0.2, -0.15) is 31.4 Å². The topological polar surface area (TPSA) is 88.9 Å². The second-order valence-electron chi connectivity index (χ2n) is 6.91. The Kier molecular flexibility index (Phi) is 5.49. The van der Waals surface area contributed by atoms with Gasteiger partial charge in [-0.3, -0.25) is 9.78 Å². The molecule has 0 fully saturated rings. The molecule has 0 aliphatic carbocycles. The van der Waals surface area contributed by atoms with Crippen LogP contribution in [0.5, 0.6) is 0 Å². The molecule has 3 heterocycles. The van der Waals surface area contributed by atoms with Crippen LogP contribution in [-0.2, 0) is 17.1 Å². The van der Waals surface area contributed by atoms with Crippen molar-refractivity contribution < 1.29 is 35.9 Å². The summed E-state index contributed by atoms with van der Waals surface area (Å²) < 4.78 is 81.1. The van der Waals surface area contributed by atoms with E-state index in [0.717, 1.165) is 12.3 Å². The van der Waals surface area contributed by atoms with Crippen molar-refractivity contribution in [1.82, 2.24) is 14.8 Å². The highest BCUT2D eigenvalue weighted by Crippen LogP contribution is 2.37. The maximum atomic E-state index is 14.0. The van der Waals surface area contributed by atoms with E-state index in [4.69, 9.17) is 0 Å². The average molecular weight is 479 g/mol. The fourth-order valence-electron chi connectivity index (χ4n) is 3.27. The Balaban J connectivity index is 1.77. The van der Waals surface area contributed by atoms with Gasteiger partial charge in [0.1, 0.15) is 11.4 Å². The summed E-state index contributed by atoms with van der Waals surface area (Å²) in [6, 6.07) is 5.76. The number of halogens is 6. The van der Waals surface area contributed by atoms with Crippen LogP contribution in [0, 0.1) is 0 Å². The van der Waals surface area contributed by atoms with E-state index in [0.29, 0.717) is 22.6 Å². The number of fused-ring (bicyclic) bond motifs is 1. The smallest absolute Gasteiger partial charge is 0.346 e. The second kappa shape index (κ2) is 8.19. The second-order valence-corrected chi connectivity index (χ2v) is 6.91. The van der Waals surface area contributed by atoms with Crippen LogP contribution < -0.4 is 10.6 Å². The molecule has 0 saturated heterocycles. The molecule has 0 atom stereocenters. The number of alkyl halides is 6. The summed E-state index contributed by atoms with van der Waals surface area (Å²) in [5.41, 5.74) is -3.49. The Morgan fingerprint density at radius 3 is 2.50 bits per heavy atom. The monoisotopic (exact) mass is 479 g/mol. The van der Waals surface area contributed by atoms with Crippen LogP contribution in [0.15, 0.2) is 54.5 Å². The Labute approximate surface area is 186 Å². The Morgan fingerprint density at radius 2 is 1.82 bits per heavy atom. The summed E-state index contributed by atoms with van der Waals surface area (Å²) in [4.78, 5) is 26.6. The van der Waals surface area contributed by atoms with Crippen LogP contribution in [0.1, 0.15) is 27.3 Å². The standard InChI is InChI=1S/C21H11F6N5O2/c22-20(23,24)17-8-11(6-7-28-17)31-19(34)14-9-29-32(18(14)21(25,26)27)16-3-1-2-15-13(16)5-4-12(10-33)30-15/h1-9,30H,(H,28,31,34). The molecule has 7 nitrogen and oxygen atoms in total. The molecule has 1 amide bonds. The molecule has 13 heteroatoms. The highest BCUT2D eigenvalue weighted by molar-refractivity contribution is 6.05. The minimum Gasteiger partial charge on any atom is -0.346 e. The number of pyridine rings is 1. The van der Waals surface area contributed by atoms with E-state index in [-0.39, 0.29) is 16.9 Å². The number of carbonyl (C=O) groups is 1. The number of hydrogen-bond donors (Lipinski definition) is 2. The quantitative estimate of drug-likeness (QED) is 0.420. The zero-order valence-corrected chi connectivity index (χ0v) is 16.6. The van der Waals surface area contributed by atoms with Gasteiger partial charge in [-0.1, -0.05) is 6.07 Å². The number of allylic oxidation sites excluding steroid dienone is 1. The summed E-state index contributed by atoms with van der Waals surface area (Å²) >= 11 is 0. The first-order valence-electron chi connectivity index (χ1n) is 9.32. The van der Waals surface area contributed by atoms with Crippen molar-refractivity contribution in [2.24, 2.45) is 0 Å². The van der Waals surface area contributed by atoms with Crippen molar-refractivity contribution in [2.45, 2.75) is 12.4 Å². The number of rotatable bonds is 3. The number of carbonyl (C=O) groups excluding carboxylic acids is 2. The molecule has 2 N–H and O–H groups in total. The molecule has 2 aromatic heterocycles. The van der Waals surface area contributed by atoms with Crippen molar-refractivity contribution in [1.29, 1.82) is 0 Å². The molecule has 4 rings (SSSR count). The van der Waals surface area contributed by atoms with Gasteiger partial charge in [0.15, 0.2) is 11.6 Å². The first-order valence-corrected chi connectivity index (χ1v) is 9.32. The van der Waals surface area contributed by atoms with Crippen LogP contribution in [-0.4, -0.2) is 26.6 Å². The van der Waals surface area contributed by atoms with Crippen molar-refractivity contribution in [2.75, 3.05) is 10.6 Å². The summed E-state index contributed by atoms with van der Waals surface area (Å²) in [5.74, 6) is 0.317. The third-order valence-corrected chi connectivity index (χ3v) is 4.70. The Hall–Kier alpha value is -4.38. The van der Waals surface area contributed by atoms with Crippen LogP contribution >= 0.6 is 0 Å². The highest BCUT2D eigenvalue weighted by atomic mass is 19.4. The Bertz CT molecular complexity index is 1370. The van der Waals surface area contributed by atoms with Gasteiger partial charge in [-0.25, -0.2) is 9.48 Å². The summed E-state index contributed by atoms with van der Waals surface area (Å²) in [6.07, 6.45) is -5.73. The van der Waals surface area contributed by atoms with Gasteiger partial charge >= 0.3 is 12.4 Å². The normalized spacial score (nSPS) is 13.2. The molecule has 0 radical (unpaired) electrons. The predicted octanol–water partition coefficient (Wildman–Crippen LogP) is 4.71. The van der Waals surface area contributed by atoms with Crippen molar-refractivity contribution in [3.05, 3.63) is 77.0 Å². The molecule has 0 spiro atoms. The van der Waals surface area contributed by atoms with E-state index in [1.807, 2.05) is 5.32 Å². The number of nitrogens with one attached hydrogen (secondary N) is 2. The van der Waals surface area contributed by atoms with Crippen LogP contribution in [0.25, 0.3) is 11.8 Å². The number of anilines is 2. The van der Waals surface area contributed by atoms with Crippen LogP contribution in [0.4, 0.5) is 37.7 Å². The summed E-state index contributed by atoms with van der Waals surface area (Å²) in [6.45, 7) is 0. The number of amides is 1. The zero-order valence-electron chi connectivity index (χ0n) is 16.6. The lowest BCUT2D eigenvalue weighted by Gasteiger charge is -2.19. The summed E-state index contributed by atoms with van der Waals surface area (Å²) in [7, 11) is 0. The lowest BCUT2D eigenvalue weighted by atomic mass is 10.1. The van der Waals surface area contributed by atoms with E-state index in [2.05, 4.69) is 15.4 Å². The lowest BCUT2D eigenvalue weighted by molar-refractivity contribution is -0.143. The minimum atomic E-state index is -5.05. The molecule has 0 unspecified atom stereocenters. The average Bonchev–Trinajstić information content (AvgIpc) is 3.24. The fourth-order valence-corrected chi connectivity index (χ4v) is 3.27. The van der Waals surface area contributed by atoms with Crippen LogP contribution in [0.2, 0.25) is 0 Å². The molecule has 1 aromatic carbocycles. The van der Waals surface area contributed by atoms with Crippen molar-refractivity contribution in [3.8, 4) is 5.69 Å². The van der Waals surface area contributed by atoms with Gasteiger partial charge < -0.3 is 10.6 Å². The van der Waals surface area contributed by atoms with E-state index in [1.165, 1.54) is 30.4 Å². The maximum absolute atomic E-state index is 14.0. The highest BCUT2D eigenvalue weighted by Gasteiger charge is 2.41. The van der Waals surface area contributed by atoms with Gasteiger partial charge in [0.2, 0.25) is 0 Å². The van der Waals surface area contributed by atoms with Gasteiger partial charge in [0, 0.05) is 23.1 Å². The van der Waals surface area contributed by atoms with Crippen molar-refractivity contribution in [3.63, 3.8) is 0 Å². The Morgan fingerprint density at radius 1 is 1.06 bits per heavy atom. The molecule has 0 bridgehead atoms. The minimum absolute atomic E-state index is 0.0548. The number of aromatic nitrogens is 3. The van der Waals surface area contributed by atoms with Crippen LogP contribution in [0.3, 0.4) is 0 Å². The first kappa shape index (κ1) is 22.8. The largest absolute Gasteiger partial charge is 0.434 e. The number of nitrogens with zero attached hydrogens (tertiary/aromatic N) is 3. The molecule has 0 saturated carbocycles. The first-order chi connectivity index (χ1) is 16.0.